The lowest BCUT2D eigenvalue weighted by Gasteiger charge is -2.22. The second-order valence-corrected chi connectivity index (χ2v) is 8.60. The molecule has 7 heteroatoms. The summed E-state index contributed by atoms with van der Waals surface area (Å²) in [4.78, 5) is 15.2. The standard InChI is InChI=1S/C29H28N2O5/c1-33-25-10-5-9-24(18-25)28-19-26(30-36-28)29(32)31-12-13-34-14-15-35-27-11-3-2-8-23(27)17-21-6-4-7-22(16-21)20-31/h2-11,16,18-19H,12-15,17,20H2,1H3. The molecule has 5 rings (SSSR count). The average molecular weight is 485 g/mol. The van der Waals surface area contributed by atoms with Gasteiger partial charge >= 0.3 is 0 Å². The van der Waals surface area contributed by atoms with E-state index in [9.17, 15) is 4.79 Å². The molecule has 0 unspecified atom stereocenters. The minimum atomic E-state index is -0.212. The van der Waals surface area contributed by atoms with Gasteiger partial charge in [-0.05, 0) is 34.9 Å². The summed E-state index contributed by atoms with van der Waals surface area (Å²) in [5.74, 6) is 1.87. The van der Waals surface area contributed by atoms with Gasteiger partial charge in [0.2, 0.25) is 0 Å². The van der Waals surface area contributed by atoms with Gasteiger partial charge in [-0.1, -0.05) is 59.8 Å². The maximum absolute atomic E-state index is 13.5. The Hall–Kier alpha value is -4.10. The summed E-state index contributed by atoms with van der Waals surface area (Å²) in [6.07, 6.45) is 0.742. The fourth-order valence-electron chi connectivity index (χ4n) is 4.26. The van der Waals surface area contributed by atoms with Crippen LogP contribution in [0.2, 0.25) is 0 Å². The molecule has 1 aliphatic rings. The predicted octanol–water partition coefficient (Wildman–Crippen LogP) is 4.99. The summed E-state index contributed by atoms with van der Waals surface area (Å²) in [5.41, 5.74) is 4.35. The number of para-hydroxylation sites is 1. The van der Waals surface area contributed by atoms with E-state index < -0.39 is 0 Å². The average Bonchev–Trinajstić information content (AvgIpc) is 3.41. The monoisotopic (exact) mass is 484 g/mol. The maximum atomic E-state index is 13.5. The Bertz CT molecular complexity index is 1330. The molecule has 2 heterocycles. The molecule has 0 saturated heterocycles. The number of methoxy groups -OCH3 is 1. The number of carbonyl (C=O) groups is 1. The second kappa shape index (κ2) is 11.1. The Labute approximate surface area is 210 Å². The number of fused-ring (bicyclic) bond motifs is 3. The van der Waals surface area contributed by atoms with Gasteiger partial charge in [0.05, 0.1) is 20.3 Å². The zero-order chi connectivity index (χ0) is 24.7. The second-order valence-electron chi connectivity index (χ2n) is 8.60. The van der Waals surface area contributed by atoms with Gasteiger partial charge in [0.15, 0.2) is 11.5 Å². The smallest absolute Gasteiger partial charge is 0.276 e. The number of ether oxygens (including phenoxy) is 3. The van der Waals surface area contributed by atoms with Crippen LogP contribution in [-0.4, -0.2) is 49.4 Å². The van der Waals surface area contributed by atoms with E-state index in [1.165, 1.54) is 0 Å². The Morgan fingerprint density at radius 3 is 2.69 bits per heavy atom. The summed E-state index contributed by atoms with van der Waals surface area (Å²) >= 11 is 0. The summed E-state index contributed by atoms with van der Waals surface area (Å²) in [5, 5.41) is 4.07. The number of aromatic nitrogens is 1. The van der Waals surface area contributed by atoms with Crippen molar-refractivity contribution in [3.8, 4) is 22.8 Å². The zero-order valence-electron chi connectivity index (χ0n) is 20.2. The Morgan fingerprint density at radius 1 is 0.917 bits per heavy atom. The third kappa shape index (κ3) is 5.58. The number of hydrogen-bond donors (Lipinski definition) is 0. The molecule has 0 radical (unpaired) electrons. The molecular formula is C29H28N2O5. The van der Waals surface area contributed by atoms with Gasteiger partial charge in [-0.3, -0.25) is 4.79 Å². The van der Waals surface area contributed by atoms with Crippen LogP contribution in [0.3, 0.4) is 0 Å². The third-order valence-electron chi connectivity index (χ3n) is 6.09. The third-order valence-corrected chi connectivity index (χ3v) is 6.09. The SMILES string of the molecule is COc1cccc(-c2cc(C(=O)N3CCOCCOc4ccccc4Cc4cccc(c4)C3)no2)c1. The number of nitrogens with zero attached hydrogens (tertiary/aromatic N) is 2. The fraction of sp³-hybridized carbons (Fsp3) is 0.241. The highest BCUT2D eigenvalue weighted by Gasteiger charge is 2.21. The first kappa shape index (κ1) is 23.6. The van der Waals surface area contributed by atoms with Crippen LogP contribution in [0.5, 0.6) is 11.5 Å². The molecule has 0 N–H and O–H groups in total. The molecule has 1 aliphatic heterocycles. The molecule has 0 saturated carbocycles. The molecule has 7 nitrogen and oxygen atoms in total. The van der Waals surface area contributed by atoms with Crippen LogP contribution in [-0.2, 0) is 17.7 Å². The van der Waals surface area contributed by atoms with Crippen LogP contribution in [0.1, 0.15) is 27.2 Å². The van der Waals surface area contributed by atoms with Crippen LogP contribution in [0.4, 0.5) is 0 Å². The molecule has 0 fully saturated rings. The van der Waals surface area contributed by atoms with Crippen molar-refractivity contribution in [3.63, 3.8) is 0 Å². The lowest BCUT2D eigenvalue weighted by atomic mass is 10.0. The Kier molecular flexibility index (Phi) is 7.28. The molecular weight excluding hydrogens is 456 g/mol. The maximum Gasteiger partial charge on any atom is 0.276 e. The first-order valence-corrected chi connectivity index (χ1v) is 12.0. The Balaban J connectivity index is 1.39. The van der Waals surface area contributed by atoms with Crippen molar-refractivity contribution in [3.05, 3.63) is 101 Å². The quantitative estimate of drug-likeness (QED) is 0.408. The van der Waals surface area contributed by atoms with Gasteiger partial charge in [0, 0.05) is 31.1 Å². The van der Waals surface area contributed by atoms with Crippen LogP contribution >= 0.6 is 0 Å². The highest BCUT2D eigenvalue weighted by molar-refractivity contribution is 5.93. The van der Waals surface area contributed by atoms with E-state index in [0.29, 0.717) is 44.4 Å². The van der Waals surface area contributed by atoms with Crippen molar-refractivity contribution in [2.45, 2.75) is 13.0 Å². The van der Waals surface area contributed by atoms with Gasteiger partial charge in [-0.15, -0.1) is 0 Å². The largest absolute Gasteiger partial charge is 0.497 e. The van der Waals surface area contributed by atoms with Crippen molar-refractivity contribution in [2.24, 2.45) is 0 Å². The van der Waals surface area contributed by atoms with Crippen LogP contribution in [0.15, 0.2) is 83.4 Å². The van der Waals surface area contributed by atoms with Gasteiger partial charge in [0.25, 0.3) is 5.91 Å². The van der Waals surface area contributed by atoms with Crippen LogP contribution in [0.25, 0.3) is 11.3 Å². The van der Waals surface area contributed by atoms with Crippen molar-refractivity contribution >= 4 is 5.91 Å². The van der Waals surface area contributed by atoms with E-state index in [2.05, 4.69) is 23.4 Å². The molecule has 1 amide bonds. The van der Waals surface area contributed by atoms with Crippen molar-refractivity contribution < 1.29 is 23.5 Å². The molecule has 1 aromatic heterocycles. The molecule has 2 bridgehead atoms. The molecule has 0 spiro atoms. The molecule has 0 atom stereocenters. The van der Waals surface area contributed by atoms with Gasteiger partial charge in [-0.2, -0.15) is 0 Å². The minimum absolute atomic E-state index is 0.212. The summed E-state index contributed by atoms with van der Waals surface area (Å²) in [6.45, 7) is 2.12. The lowest BCUT2D eigenvalue weighted by molar-refractivity contribution is 0.0563. The normalized spacial score (nSPS) is 14.3. The summed E-state index contributed by atoms with van der Waals surface area (Å²) in [7, 11) is 1.61. The van der Waals surface area contributed by atoms with E-state index in [-0.39, 0.29) is 11.6 Å². The van der Waals surface area contributed by atoms with E-state index in [0.717, 1.165) is 34.4 Å². The molecule has 4 aromatic rings. The topological polar surface area (TPSA) is 74.0 Å². The minimum Gasteiger partial charge on any atom is -0.497 e. The Morgan fingerprint density at radius 2 is 1.78 bits per heavy atom. The lowest BCUT2D eigenvalue weighted by Crippen LogP contribution is -2.34. The fourth-order valence-corrected chi connectivity index (χ4v) is 4.26. The number of carbonyl (C=O) groups excluding carboxylic acids is 1. The predicted molar refractivity (Wildman–Crippen MR) is 135 cm³/mol. The highest BCUT2D eigenvalue weighted by atomic mass is 16.5. The van der Waals surface area contributed by atoms with E-state index in [1.54, 1.807) is 18.1 Å². The van der Waals surface area contributed by atoms with Gasteiger partial charge in [0.1, 0.15) is 18.1 Å². The first-order valence-electron chi connectivity index (χ1n) is 12.0. The van der Waals surface area contributed by atoms with Crippen molar-refractivity contribution in [1.29, 1.82) is 0 Å². The van der Waals surface area contributed by atoms with Gasteiger partial charge in [-0.25, -0.2) is 0 Å². The number of amides is 1. The van der Waals surface area contributed by atoms with Crippen LogP contribution < -0.4 is 9.47 Å². The van der Waals surface area contributed by atoms with Crippen molar-refractivity contribution in [1.82, 2.24) is 10.1 Å². The summed E-state index contributed by atoms with van der Waals surface area (Å²) in [6, 6.07) is 25.5. The number of hydrogen-bond acceptors (Lipinski definition) is 6. The van der Waals surface area contributed by atoms with E-state index >= 15 is 0 Å². The highest BCUT2D eigenvalue weighted by Crippen LogP contribution is 2.26. The first-order chi connectivity index (χ1) is 17.7. The number of rotatable bonds is 3. The molecule has 3 aromatic carbocycles. The van der Waals surface area contributed by atoms with E-state index in [4.69, 9.17) is 18.7 Å². The number of benzene rings is 3. The molecule has 0 aliphatic carbocycles. The summed E-state index contributed by atoms with van der Waals surface area (Å²) < 4.78 is 22.6. The molecule has 36 heavy (non-hydrogen) atoms. The molecule has 184 valence electrons. The van der Waals surface area contributed by atoms with Gasteiger partial charge < -0.3 is 23.6 Å². The zero-order valence-corrected chi connectivity index (χ0v) is 20.2. The van der Waals surface area contributed by atoms with E-state index in [1.807, 2.05) is 54.6 Å². The van der Waals surface area contributed by atoms with Crippen molar-refractivity contribution in [2.75, 3.05) is 33.5 Å². The van der Waals surface area contributed by atoms with Crippen LogP contribution in [0, 0.1) is 0 Å².